The first kappa shape index (κ1) is 17.9. The van der Waals surface area contributed by atoms with E-state index in [0.29, 0.717) is 13.1 Å². The largest absolute Gasteiger partial charge is 0.350 e. The molecule has 1 saturated heterocycles. The third kappa shape index (κ3) is 4.79. The molecular formula is C21H23N3O2. The second-order valence-electron chi connectivity index (χ2n) is 6.53. The van der Waals surface area contributed by atoms with Crippen molar-refractivity contribution in [2.75, 3.05) is 13.1 Å². The maximum Gasteiger partial charge on any atom is 0.253 e. The van der Waals surface area contributed by atoms with E-state index in [1.807, 2.05) is 54.3 Å². The molecule has 1 aromatic carbocycles. The fourth-order valence-electron chi connectivity index (χ4n) is 2.99. The molecular weight excluding hydrogens is 326 g/mol. The normalized spacial score (nSPS) is 15.2. The number of aromatic nitrogens is 1. The molecule has 0 saturated carbocycles. The summed E-state index contributed by atoms with van der Waals surface area (Å²) in [4.78, 5) is 30.6. The number of nitrogens with one attached hydrogen (secondary N) is 1. The highest BCUT2D eigenvalue weighted by atomic mass is 16.2. The Hall–Kier alpha value is -2.95. The van der Waals surface area contributed by atoms with E-state index in [1.54, 1.807) is 12.3 Å². The third-order valence-corrected chi connectivity index (χ3v) is 4.52. The molecule has 26 heavy (non-hydrogen) atoms. The highest BCUT2D eigenvalue weighted by Gasteiger charge is 2.24. The number of amides is 2. The van der Waals surface area contributed by atoms with Gasteiger partial charge in [-0.2, -0.15) is 0 Å². The lowest BCUT2D eigenvalue weighted by molar-refractivity contribution is -0.117. The molecule has 0 unspecified atom stereocenters. The molecule has 5 nitrogen and oxygen atoms in total. The number of nitrogens with zero attached hydrogens (tertiary/aromatic N) is 2. The quantitative estimate of drug-likeness (QED) is 0.864. The van der Waals surface area contributed by atoms with Crippen LogP contribution in [-0.2, 0) is 4.79 Å². The predicted molar refractivity (Wildman–Crippen MR) is 102 cm³/mol. The standard InChI is InChI=1S/C21H23N3O2/c1-16-5-7-17(8-6-16)21(26)24-14-11-19(12-15-24)23-20(25)10-9-18-4-2-3-13-22-18/h2-10,13,19H,11-12,14-15H2,1H3,(H,23,25). The fraction of sp³-hybridized carbons (Fsp3) is 0.286. The zero-order valence-corrected chi connectivity index (χ0v) is 14.9. The van der Waals surface area contributed by atoms with Crippen molar-refractivity contribution in [2.45, 2.75) is 25.8 Å². The summed E-state index contributed by atoms with van der Waals surface area (Å²) in [5.41, 5.74) is 2.61. The molecule has 2 heterocycles. The predicted octanol–water partition coefficient (Wildman–Crippen LogP) is 2.82. The van der Waals surface area contributed by atoms with Crippen LogP contribution in [0.2, 0.25) is 0 Å². The van der Waals surface area contributed by atoms with Gasteiger partial charge in [0, 0.05) is 37.0 Å². The molecule has 2 aromatic rings. The second-order valence-corrected chi connectivity index (χ2v) is 6.53. The van der Waals surface area contributed by atoms with E-state index in [-0.39, 0.29) is 17.9 Å². The zero-order valence-electron chi connectivity index (χ0n) is 14.9. The van der Waals surface area contributed by atoms with Crippen LogP contribution in [0.25, 0.3) is 6.08 Å². The van der Waals surface area contributed by atoms with Gasteiger partial charge in [-0.15, -0.1) is 0 Å². The maximum absolute atomic E-state index is 12.5. The molecule has 2 amide bonds. The Morgan fingerprint density at radius 2 is 1.85 bits per heavy atom. The lowest BCUT2D eigenvalue weighted by Gasteiger charge is -2.32. The molecule has 1 aromatic heterocycles. The summed E-state index contributed by atoms with van der Waals surface area (Å²) in [7, 11) is 0. The Balaban J connectivity index is 1.47. The van der Waals surface area contributed by atoms with Crippen molar-refractivity contribution in [3.8, 4) is 0 Å². The van der Waals surface area contributed by atoms with Crippen molar-refractivity contribution in [3.63, 3.8) is 0 Å². The van der Waals surface area contributed by atoms with Gasteiger partial charge in [0.05, 0.1) is 5.69 Å². The van der Waals surface area contributed by atoms with Gasteiger partial charge in [0.2, 0.25) is 5.91 Å². The van der Waals surface area contributed by atoms with E-state index >= 15 is 0 Å². The Labute approximate surface area is 153 Å². The number of hydrogen-bond acceptors (Lipinski definition) is 3. The summed E-state index contributed by atoms with van der Waals surface area (Å²) in [5, 5.41) is 3.00. The number of pyridine rings is 1. The molecule has 1 aliphatic rings. The monoisotopic (exact) mass is 349 g/mol. The minimum absolute atomic E-state index is 0.0600. The molecule has 0 bridgehead atoms. The molecule has 5 heteroatoms. The van der Waals surface area contributed by atoms with Crippen molar-refractivity contribution in [1.29, 1.82) is 0 Å². The number of benzene rings is 1. The number of hydrogen-bond donors (Lipinski definition) is 1. The third-order valence-electron chi connectivity index (χ3n) is 4.52. The van der Waals surface area contributed by atoms with Crippen LogP contribution in [0.1, 0.15) is 34.5 Å². The molecule has 1 aliphatic heterocycles. The Kier molecular flexibility index (Phi) is 5.79. The number of carbonyl (C=O) groups excluding carboxylic acids is 2. The molecule has 3 rings (SSSR count). The van der Waals surface area contributed by atoms with Gasteiger partial charge >= 0.3 is 0 Å². The van der Waals surface area contributed by atoms with E-state index in [0.717, 1.165) is 29.7 Å². The van der Waals surface area contributed by atoms with Crippen molar-refractivity contribution < 1.29 is 9.59 Å². The van der Waals surface area contributed by atoms with E-state index in [9.17, 15) is 9.59 Å². The molecule has 0 atom stereocenters. The number of rotatable bonds is 4. The maximum atomic E-state index is 12.5. The number of likely N-dealkylation sites (tertiary alicyclic amines) is 1. The molecule has 1 fully saturated rings. The lowest BCUT2D eigenvalue weighted by Crippen LogP contribution is -2.46. The summed E-state index contributed by atoms with van der Waals surface area (Å²) in [6, 6.07) is 13.3. The minimum Gasteiger partial charge on any atom is -0.350 e. The summed E-state index contributed by atoms with van der Waals surface area (Å²) in [5.74, 6) is -0.0659. The number of carbonyl (C=O) groups is 2. The highest BCUT2D eigenvalue weighted by molar-refractivity contribution is 5.94. The molecule has 0 aliphatic carbocycles. The Bertz CT molecular complexity index is 777. The lowest BCUT2D eigenvalue weighted by atomic mass is 10.0. The van der Waals surface area contributed by atoms with E-state index in [2.05, 4.69) is 10.3 Å². The first-order chi connectivity index (χ1) is 12.6. The van der Waals surface area contributed by atoms with Gasteiger partial charge in [0.15, 0.2) is 0 Å². The second kappa shape index (κ2) is 8.43. The summed E-state index contributed by atoms with van der Waals surface area (Å²) in [6.45, 7) is 3.31. The average molecular weight is 349 g/mol. The summed E-state index contributed by atoms with van der Waals surface area (Å²) >= 11 is 0. The number of piperidine rings is 1. The van der Waals surface area contributed by atoms with Crippen LogP contribution in [0, 0.1) is 6.92 Å². The minimum atomic E-state index is -0.126. The van der Waals surface area contributed by atoms with Crippen LogP contribution in [0.4, 0.5) is 0 Å². The first-order valence-electron chi connectivity index (χ1n) is 8.87. The van der Waals surface area contributed by atoms with Crippen molar-refractivity contribution >= 4 is 17.9 Å². The fourth-order valence-corrected chi connectivity index (χ4v) is 2.99. The number of aryl methyl sites for hydroxylation is 1. The van der Waals surface area contributed by atoms with Gasteiger partial charge in [0.25, 0.3) is 5.91 Å². The highest BCUT2D eigenvalue weighted by Crippen LogP contribution is 2.14. The van der Waals surface area contributed by atoms with Crippen LogP contribution < -0.4 is 5.32 Å². The van der Waals surface area contributed by atoms with Crippen LogP contribution in [0.5, 0.6) is 0 Å². The molecule has 0 radical (unpaired) electrons. The SMILES string of the molecule is Cc1ccc(C(=O)N2CCC(NC(=O)C=Cc3ccccn3)CC2)cc1. The van der Waals surface area contributed by atoms with Gasteiger partial charge in [0.1, 0.15) is 0 Å². The zero-order chi connectivity index (χ0) is 18.4. The van der Waals surface area contributed by atoms with Gasteiger partial charge < -0.3 is 10.2 Å². The van der Waals surface area contributed by atoms with Crippen LogP contribution in [0.15, 0.2) is 54.7 Å². The van der Waals surface area contributed by atoms with Crippen molar-refractivity contribution in [2.24, 2.45) is 0 Å². The van der Waals surface area contributed by atoms with Gasteiger partial charge in [-0.3, -0.25) is 14.6 Å². The van der Waals surface area contributed by atoms with E-state index < -0.39 is 0 Å². The van der Waals surface area contributed by atoms with Gasteiger partial charge in [-0.1, -0.05) is 23.8 Å². The molecule has 134 valence electrons. The van der Waals surface area contributed by atoms with Crippen molar-refractivity contribution in [1.82, 2.24) is 15.2 Å². The van der Waals surface area contributed by atoms with Crippen LogP contribution in [0.3, 0.4) is 0 Å². The first-order valence-corrected chi connectivity index (χ1v) is 8.87. The van der Waals surface area contributed by atoms with E-state index in [1.165, 1.54) is 6.08 Å². The van der Waals surface area contributed by atoms with Crippen molar-refractivity contribution in [3.05, 3.63) is 71.6 Å². The van der Waals surface area contributed by atoms with Gasteiger partial charge in [-0.05, 0) is 50.1 Å². The van der Waals surface area contributed by atoms with Crippen LogP contribution >= 0.6 is 0 Å². The van der Waals surface area contributed by atoms with Gasteiger partial charge in [-0.25, -0.2) is 0 Å². The van der Waals surface area contributed by atoms with E-state index in [4.69, 9.17) is 0 Å². The summed E-state index contributed by atoms with van der Waals surface area (Å²) < 4.78 is 0. The topological polar surface area (TPSA) is 62.3 Å². The Morgan fingerprint density at radius 3 is 2.50 bits per heavy atom. The Morgan fingerprint density at radius 1 is 1.12 bits per heavy atom. The summed E-state index contributed by atoms with van der Waals surface area (Å²) in [6.07, 6.45) is 6.43. The smallest absolute Gasteiger partial charge is 0.253 e. The molecule has 0 spiro atoms. The van der Waals surface area contributed by atoms with Crippen LogP contribution in [-0.4, -0.2) is 40.8 Å². The average Bonchev–Trinajstić information content (AvgIpc) is 2.68. The molecule has 1 N–H and O–H groups in total.